The molecule has 2 aromatic heterocycles. The van der Waals surface area contributed by atoms with E-state index in [4.69, 9.17) is 16.3 Å². The molecule has 0 unspecified atom stereocenters. The highest BCUT2D eigenvalue weighted by Crippen LogP contribution is 2.24. The molecule has 0 saturated carbocycles. The molecule has 0 atom stereocenters. The molecule has 0 saturated heterocycles. The summed E-state index contributed by atoms with van der Waals surface area (Å²) in [4.78, 5) is 14.9. The lowest BCUT2D eigenvalue weighted by molar-refractivity contribution is -0.385. The van der Waals surface area contributed by atoms with Crippen LogP contribution in [0.15, 0.2) is 67.0 Å². The third-order valence-electron chi connectivity index (χ3n) is 4.21. The highest BCUT2D eigenvalue weighted by molar-refractivity contribution is 6.30. The maximum atomic E-state index is 13.8. The number of nitrogens with zero attached hydrogens (tertiary/aromatic N) is 3. The first-order chi connectivity index (χ1) is 13.5. The van der Waals surface area contributed by atoms with Crippen LogP contribution in [0.25, 0.3) is 16.9 Å². The van der Waals surface area contributed by atoms with Crippen LogP contribution < -0.4 is 4.74 Å². The molecule has 0 radical (unpaired) electrons. The second kappa shape index (κ2) is 7.28. The summed E-state index contributed by atoms with van der Waals surface area (Å²) in [6.07, 6.45) is 3.14. The molecule has 4 aromatic rings. The fourth-order valence-corrected chi connectivity index (χ4v) is 2.91. The van der Waals surface area contributed by atoms with E-state index in [1.165, 1.54) is 18.3 Å². The predicted molar refractivity (Wildman–Crippen MR) is 103 cm³/mol. The van der Waals surface area contributed by atoms with Gasteiger partial charge in [-0.2, -0.15) is 0 Å². The number of imidazole rings is 1. The summed E-state index contributed by atoms with van der Waals surface area (Å²) in [5.41, 5.74) is 2.52. The van der Waals surface area contributed by atoms with Crippen LogP contribution in [0.5, 0.6) is 5.75 Å². The Labute approximate surface area is 163 Å². The molecule has 140 valence electrons. The van der Waals surface area contributed by atoms with Gasteiger partial charge in [0.25, 0.3) is 5.69 Å². The molecule has 0 spiro atoms. The van der Waals surface area contributed by atoms with Crippen LogP contribution in [-0.2, 0) is 6.61 Å². The van der Waals surface area contributed by atoms with Gasteiger partial charge in [0.1, 0.15) is 23.8 Å². The number of rotatable bonds is 5. The maximum Gasteiger partial charge on any atom is 0.286 e. The molecule has 0 aliphatic rings. The number of ether oxygens (including phenoxy) is 1. The zero-order valence-corrected chi connectivity index (χ0v) is 15.1. The number of hydrogen-bond acceptors (Lipinski definition) is 4. The van der Waals surface area contributed by atoms with Crippen molar-refractivity contribution in [3.05, 3.63) is 93.5 Å². The Bertz CT molecular complexity index is 1180. The fourth-order valence-electron chi connectivity index (χ4n) is 2.75. The van der Waals surface area contributed by atoms with Gasteiger partial charge in [-0.05, 0) is 42.5 Å². The van der Waals surface area contributed by atoms with E-state index >= 15 is 0 Å². The summed E-state index contributed by atoms with van der Waals surface area (Å²) in [5, 5.41) is 11.2. The third-order valence-corrected chi connectivity index (χ3v) is 4.44. The number of pyridine rings is 1. The molecule has 0 bridgehead atoms. The molecule has 8 heteroatoms. The highest BCUT2D eigenvalue weighted by atomic mass is 35.5. The van der Waals surface area contributed by atoms with Crippen LogP contribution in [0, 0.1) is 15.9 Å². The molecule has 6 nitrogen and oxygen atoms in total. The number of fused-ring (bicyclic) bond motifs is 1. The minimum atomic E-state index is -0.450. The van der Waals surface area contributed by atoms with Crippen LogP contribution in [0.1, 0.15) is 5.56 Å². The molecule has 0 N–H and O–H groups in total. The van der Waals surface area contributed by atoms with Crippen molar-refractivity contribution in [1.29, 1.82) is 0 Å². The SMILES string of the molecule is O=[N+]([O-])c1ccc2nc(-c3ccc(OCc4ccc(Cl)cc4F)cc3)cn2c1. The largest absolute Gasteiger partial charge is 0.489 e. The number of aromatic nitrogens is 2. The van der Waals surface area contributed by atoms with E-state index in [-0.39, 0.29) is 12.3 Å². The third kappa shape index (κ3) is 3.65. The topological polar surface area (TPSA) is 69.7 Å². The van der Waals surface area contributed by atoms with Crippen molar-refractivity contribution in [3.63, 3.8) is 0 Å². The molecule has 2 heterocycles. The lowest BCUT2D eigenvalue weighted by Gasteiger charge is -2.08. The second-order valence-corrected chi connectivity index (χ2v) is 6.52. The number of nitro groups is 1. The average molecular weight is 398 g/mol. The van der Waals surface area contributed by atoms with Crippen LogP contribution >= 0.6 is 11.6 Å². The van der Waals surface area contributed by atoms with Crippen molar-refractivity contribution >= 4 is 22.9 Å². The maximum absolute atomic E-state index is 13.8. The van der Waals surface area contributed by atoms with Crippen molar-refractivity contribution in [2.45, 2.75) is 6.61 Å². The average Bonchev–Trinajstić information content (AvgIpc) is 3.11. The normalized spacial score (nSPS) is 10.9. The molecule has 0 amide bonds. The van der Waals surface area contributed by atoms with Gasteiger partial charge in [-0.1, -0.05) is 17.7 Å². The molecular weight excluding hydrogens is 385 g/mol. The summed E-state index contributed by atoms with van der Waals surface area (Å²) in [6.45, 7) is 0.0837. The van der Waals surface area contributed by atoms with Gasteiger partial charge < -0.3 is 4.74 Å². The van der Waals surface area contributed by atoms with Gasteiger partial charge in [0, 0.05) is 28.4 Å². The molecule has 28 heavy (non-hydrogen) atoms. The summed E-state index contributed by atoms with van der Waals surface area (Å²) in [6, 6.07) is 14.6. The first-order valence-electron chi connectivity index (χ1n) is 8.30. The molecule has 0 fully saturated rings. The van der Waals surface area contributed by atoms with E-state index in [1.54, 1.807) is 40.9 Å². The fraction of sp³-hybridized carbons (Fsp3) is 0.0500. The van der Waals surface area contributed by atoms with Gasteiger partial charge in [-0.15, -0.1) is 0 Å². The van der Waals surface area contributed by atoms with Crippen LogP contribution in [0.2, 0.25) is 5.02 Å². The molecule has 2 aromatic carbocycles. The van der Waals surface area contributed by atoms with E-state index < -0.39 is 10.7 Å². The zero-order valence-electron chi connectivity index (χ0n) is 14.4. The van der Waals surface area contributed by atoms with Gasteiger partial charge in [0.2, 0.25) is 0 Å². The predicted octanol–water partition coefficient (Wildman–Crippen LogP) is 5.28. The van der Waals surface area contributed by atoms with Crippen molar-refractivity contribution in [2.24, 2.45) is 0 Å². The van der Waals surface area contributed by atoms with Crippen LogP contribution in [-0.4, -0.2) is 14.3 Å². The van der Waals surface area contributed by atoms with Gasteiger partial charge in [0.05, 0.1) is 16.8 Å². The van der Waals surface area contributed by atoms with E-state index in [0.717, 1.165) is 5.56 Å². The summed E-state index contributed by atoms with van der Waals surface area (Å²) >= 11 is 5.74. The second-order valence-electron chi connectivity index (χ2n) is 6.08. The van der Waals surface area contributed by atoms with Gasteiger partial charge >= 0.3 is 0 Å². The first kappa shape index (κ1) is 17.9. The first-order valence-corrected chi connectivity index (χ1v) is 8.68. The Hall–Kier alpha value is -3.45. The Balaban J connectivity index is 1.51. The quantitative estimate of drug-likeness (QED) is 0.339. The van der Waals surface area contributed by atoms with Crippen molar-refractivity contribution in [1.82, 2.24) is 9.38 Å². The molecule has 0 aliphatic heterocycles. The molecular formula is C20H13ClFN3O3. The van der Waals surface area contributed by atoms with E-state index in [0.29, 0.717) is 27.7 Å². The number of halogens is 2. The number of hydrogen-bond donors (Lipinski definition) is 0. The highest BCUT2D eigenvalue weighted by Gasteiger charge is 2.10. The molecule has 4 rings (SSSR count). The lowest BCUT2D eigenvalue weighted by Crippen LogP contribution is -1.98. The van der Waals surface area contributed by atoms with Crippen molar-refractivity contribution < 1.29 is 14.1 Å². The summed E-state index contributed by atoms with van der Waals surface area (Å²) in [7, 11) is 0. The van der Waals surface area contributed by atoms with Gasteiger partial charge in [-0.25, -0.2) is 9.37 Å². The number of benzene rings is 2. The Morgan fingerprint density at radius 3 is 2.61 bits per heavy atom. The van der Waals surface area contributed by atoms with Crippen molar-refractivity contribution in [2.75, 3.05) is 0 Å². The van der Waals surface area contributed by atoms with Crippen molar-refractivity contribution in [3.8, 4) is 17.0 Å². The smallest absolute Gasteiger partial charge is 0.286 e. The Kier molecular flexibility index (Phi) is 4.67. The minimum Gasteiger partial charge on any atom is -0.489 e. The Morgan fingerprint density at radius 2 is 1.89 bits per heavy atom. The van der Waals surface area contributed by atoms with Crippen LogP contribution in [0.3, 0.4) is 0 Å². The molecule has 0 aliphatic carbocycles. The van der Waals surface area contributed by atoms with Gasteiger partial charge in [-0.3, -0.25) is 14.5 Å². The van der Waals surface area contributed by atoms with Gasteiger partial charge in [0.15, 0.2) is 0 Å². The lowest BCUT2D eigenvalue weighted by atomic mass is 10.1. The summed E-state index contributed by atoms with van der Waals surface area (Å²) in [5.74, 6) is 0.167. The standard InChI is InChI=1S/C20H13ClFN3O3/c21-15-4-1-14(18(22)9-15)12-28-17-6-2-13(3-7-17)19-11-24-10-16(25(26)27)5-8-20(24)23-19/h1-11H,12H2. The Morgan fingerprint density at radius 1 is 1.11 bits per heavy atom. The summed E-state index contributed by atoms with van der Waals surface area (Å²) < 4.78 is 21.0. The zero-order chi connectivity index (χ0) is 19.7. The van der Waals surface area contributed by atoms with E-state index in [2.05, 4.69) is 4.98 Å². The van der Waals surface area contributed by atoms with Crippen LogP contribution in [0.4, 0.5) is 10.1 Å². The van der Waals surface area contributed by atoms with E-state index in [1.807, 2.05) is 12.1 Å². The van der Waals surface area contributed by atoms with E-state index in [9.17, 15) is 14.5 Å². The minimum absolute atomic E-state index is 0.00497. The monoisotopic (exact) mass is 397 g/mol.